The van der Waals surface area contributed by atoms with Crippen molar-refractivity contribution < 1.29 is 9.53 Å². The molecule has 0 aliphatic heterocycles. The van der Waals surface area contributed by atoms with Gasteiger partial charge in [-0.3, -0.25) is 0 Å². The Morgan fingerprint density at radius 1 is 0.854 bits per heavy atom. The SMILES string of the molecule is CC(C)CCC[C@@H](C)[C@H]1CC[C@H]2[C@@H]3CC=C4C[C@@H](OC(=O)N(CCCN)CCCNCCCCNCCCN)CC[C@]4(C)[C@H]3CC[C@]12C. The Balaban J connectivity index is 1.24. The molecule has 1 amide bonds. The van der Waals surface area contributed by atoms with Crippen LogP contribution >= 0.6 is 0 Å². The number of nitrogens with zero attached hydrogens (tertiary/aromatic N) is 1. The van der Waals surface area contributed by atoms with Crippen LogP contribution in [0, 0.1) is 46.3 Å². The van der Waals surface area contributed by atoms with Gasteiger partial charge in [-0.25, -0.2) is 4.79 Å². The number of rotatable bonds is 21. The Morgan fingerprint density at radius 2 is 1.54 bits per heavy atom. The molecule has 0 saturated heterocycles. The van der Waals surface area contributed by atoms with Gasteiger partial charge < -0.3 is 31.7 Å². The lowest BCUT2D eigenvalue weighted by atomic mass is 9.47. The fraction of sp³-hybridized carbons (Fsp3) is 0.927. The smallest absolute Gasteiger partial charge is 0.410 e. The van der Waals surface area contributed by atoms with Crippen molar-refractivity contribution in [3.8, 4) is 0 Å². The summed E-state index contributed by atoms with van der Waals surface area (Å²) in [5.41, 5.74) is 13.8. The van der Waals surface area contributed by atoms with Gasteiger partial charge in [0.05, 0.1) is 0 Å². The van der Waals surface area contributed by atoms with Crippen LogP contribution in [0.3, 0.4) is 0 Å². The summed E-state index contributed by atoms with van der Waals surface area (Å²) in [6.07, 6.45) is 21.8. The van der Waals surface area contributed by atoms with E-state index in [9.17, 15) is 4.79 Å². The summed E-state index contributed by atoms with van der Waals surface area (Å²) >= 11 is 0. The third kappa shape index (κ3) is 10.2. The van der Waals surface area contributed by atoms with Gasteiger partial charge in [0.1, 0.15) is 6.10 Å². The van der Waals surface area contributed by atoms with E-state index in [-0.39, 0.29) is 17.6 Å². The Morgan fingerprint density at radius 3 is 2.25 bits per heavy atom. The first-order chi connectivity index (χ1) is 23.1. The largest absolute Gasteiger partial charge is 0.446 e. The standard InChI is InChI=1S/C41H77N5O2/c1-31(2)12-8-13-32(3)36-16-17-37-35-15-14-33-30-34(18-20-40(33,4)38(35)19-21-41(36,37)5)48-39(47)46(28-10-23-43)29-11-27-45-25-7-6-24-44-26-9-22-42/h14,31-32,34-38,44-45H,6-13,15-30,42-43H2,1-5H3/t32-,34+,35+,36-,37+,38+,40+,41-/m1/s1. The summed E-state index contributed by atoms with van der Waals surface area (Å²) in [5.74, 6) is 5.10. The fourth-order valence-electron chi connectivity index (χ4n) is 10.9. The molecule has 7 heteroatoms. The number of hydrogen-bond acceptors (Lipinski definition) is 6. The van der Waals surface area contributed by atoms with Crippen LogP contribution in [-0.2, 0) is 4.74 Å². The van der Waals surface area contributed by atoms with Gasteiger partial charge >= 0.3 is 6.09 Å². The maximum atomic E-state index is 13.5. The minimum atomic E-state index is -0.136. The maximum absolute atomic E-state index is 13.5. The predicted molar refractivity (Wildman–Crippen MR) is 202 cm³/mol. The first kappa shape index (κ1) is 39.6. The molecule has 0 heterocycles. The van der Waals surface area contributed by atoms with Crippen molar-refractivity contribution in [3.63, 3.8) is 0 Å². The van der Waals surface area contributed by atoms with E-state index in [2.05, 4.69) is 51.3 Å². The summed E-state index contributed by atoms with van der Waals surface area (Å²) in [7, 11) is 0. The quantitative estimate of drug-likeness (QED) is 0.0731. The van der Waals surface area contributed by atoms with Crippen LogP contribution in [0.15, 0.2) is 11.6 Å². The highest BCUT2D eigenvalue weighted by Crippen LogP contribution is 2.67. The fourth-order valence-corrected chi connectivity index (χ4v) is 10.9. The van der Waals surface area contributed by atoms with Crippen molar-refractivity contribution in [2.75, 3.05) is 52.4 Å². The van der Waals surface area contributed by atoms with Crippen LogP contribution in [0.1, 0.15) is 137 Å². The minimum absolute atomic E-state index is 0.00162. The molecule has 0 aromatic heterocycles. The van der Waals surface area contributed by atoms with Crippen molar-refractivity contribution in [3.05, 3.63) is 11.6 Å². The summed E-state index contributed by atoms with van der Waals surface area (Å²) in [5, 5.41) is 6.99. The number of carbonyl (C=O) groups is 1. The van der Waals surface area contributed by atoms with Gasteiger partial charge in [-0.1, -0.05) is 65.5 Å². The number of fused-ring (bicyclic) bond motifs is 5. The molecule has 0 radical (unpaired) electrons. The third-order valence-electron chi connectivity index (χ3n) is 13.7. The number of nitrogens with two attached hydrogens (primary N) is 2. The van der Waals surface area contributed by atoms with Crippen molar-refractivity contribution in [2.45, 2.75) is 143 Å². The molecular weight excluding hydrogens is 594 g/mol. The minimum Gasteiger partial charge on any atom is -0.446 e. The molecule has 3 saturated carbocycles. The zero-order chi connectivity index (χ0) is 34.6. The summed E-state index contributed by atoms with van der Waals surface area (Å²) in [6, 6.07) is 0. The highest BCUT2D eigenvalue weighted by atomic mass is 16.6. The average molecular weight is 672 g/mol. The van der Waals surface area contributed by atoms with Crippen LogP contribution in [0.25, 0.3) is 0 Å². The van der Waals surface area contributed by atoms with E-state index in [0.29, 0.717) is 18.5 Å². The molecular formula is C41H77N5O2. The van der Waals surface area contributed by atoms with E-state index in [1.54, 1.807) is 5.57 Å². The van der Waals surface area contributed by atoms with Gasteiger partial charge in [0.2, 0.25) is 0 Å². The molecule has 0 aromatic rings. The maximum Gasteiger partial charge on any atom is 0.410 e. The van der Waals surface area contributed by atoms with E-state index < -0.39 is 0 Å². The number of carbonyl (C=O) groups excluding carboxylic acids is 1. The van der Waals surface area contributed by atoms with Crippen LogP contribution in [0.4, 0.5) is 4.79 Å². The molecule has 48 heavy (non-hydrogen) atoms. The first-order valence-corrected chi connectivity index (χ1v) is 20.6. The van der Waals surface area contributed by atoms with E-state index in [4.69, 9.17) is 16.2 Å². The van der Waals surface area contributed by atoms with Gasteiger partial charge in [-0.05, 0) is 163 Å². The lowest BCUT2D eigenvalue weighted by Crippen LogP contribution is -2.51. The second-order valence-corrected chi connectivity index (χ2v) is 17.4. The monoisotopic (exact) mass is 672 g/mol. The second-order valence-electron chi connectivity index (χ2n) is 17.4. The average Bonchev–Trinajstić information content (AvgIpc) is 3.42. The molecule has 4 aliphatic rings. The molecule has 7 nitrogen and oxygen atoms in total. The molecule has 8 atom stereocenters. The Kier molecular flexibility index (Phi) is 16.1. The van der Waals surface area contributed by atoms with Gasteiger partial charge in [-0.2, -0.15) is 0 Å². The first-order valence-electron chi connectivity index (χ1n) is 20.6. The number of hydrogen-bond donors (Lipinski definition) is 4. The molecule has 0 spiro atoms. The number of ether oxygens (including phenoxy) is 1. The normalized spacial score (nSPS) is 31.9. The highest BCUT2D eigenvalue weighted by Gasteiger charge is 2.59. The summed E-state index contributed by atoms with van der Waals surface area (Å²) in [4.78, 5) is 15.4. The lowest BCUT2D eigenvalue weighted by Gasteiger charge is -2.58. The number of unbranched alkanes of at least 4 members (excludes halogenated alkanes) is 1. The molecule has 0 unspecified atom stereocenters. The number of nitrogens with one attached hydrogen (secondary N) is 2. The molecule has 0 bridgehead atoms. The number of allylic oxidation sites excluding steroid dienone is 1. The van der Waals surface area contributed by atoms with Crippen molar-refractivity contribution in [2.24, 2.45) is 57.8 Å². The molecule has 0 aromatic carbocycles. The van der Waals surface area contributed by atoms with Gasteiger partial charge in [0.25, 0.3) is 0 Å². The Bertz CT molecular complexity index is 988. The van der Waals surface area contributed by atoms with Gasteiger partial charge in [0.15, 0.2) is 0 Å². The molecule has 4 aliphatic carbocycles. The Labute approximate surface area is 295 Å². The lowest BCUT2D eigenvalue weighted by molar-refractivity contribution is -0.0593. The zero-order valence-corrected chi connectivity index (χ0v) is 32.0. The van der Waals surface area contributed by atoms with E-state index in [1.807, 2.05) is 4.90 Å². The van der Waals surface area contributed by atoms with E-state index in [1.165, 1.54) is 57.8 Å². The van der Waals surface area contributed by atoms with Crippen LogP contribution < -0.4 is 22.1 Å². The summed E-state index contributed by atoms with van der Waals surface area (Å²) in [6.45, 7) is 19.3. The van der Waals surface area contributed by atoms with Crippen LogP contribution in [-0.4, -0.2) is 69.5 Å². The van der Waals surface area contributed by atoms with E-state index >= 15 is 0 Å². The molecule has 3 fully saturated rings. The number of amides is 1. The van der Waals surface area contributed by atoms with E-state index in [0.717, 1.165) is 120 Å². The molecule has 4 rings (SSSR count). The molecule has 278 valence electrons. The topological polar surface area (TPSA) is 106 Å². The predicted octanol–water partition coefficient (Wildman–Crippen LogP) is 7.88. The zero-order valence-electron chi connectivity index (χ0n) is 32.0. The highest BCUT2D eigenvalue weighted by molar-refractivity contribution is 5.67. The molecule has 6 N–H and O–H groups in total. The van der Waals surface area contributed by atoms with Crippen molar-refractivity contribution in [1.82, 2.24) is 15.5 Å². The second kappa shape index (κ2) is 19.5. The van der Waals surface area contributed by atoms with Gasteiger partial charge in [-0.15, -0.1) is 0 Å². The van der Waals surface area contributed by atoms with Crippen molar-refractivity contribution in [1.29, 1.82) is 0 Å². The van der Waals surface area contributed by atoms with Crippen LogP contribution in [0.5, 0.6) is 0 Å². The van der Waals surface area contributed by atoms with Gasteiger partial charge in [0, 0.05) is 19.5 Å². The summed E-state index contributed by atoms with van der Waals surface area (Å²) < 4.78 is 6.27. The van der Waals surface area contributed by atoms with Crippen molar-refractivity contribution >= 4 is 6.09 Å². The third-order valence-corrected chi connectivity index (χ3v) is 13.7. The Hall–Kier alpha value is -1.15. The van der Waals surface area contributed by atoms with Crippen LogP contribution in [0.2, 0.25) is 0 Å².